The highest BCUT2D eigenvalue weighted by atomic mass is 16.3. The smallest absolute Gasteiger partial charge is 0.226 e. The fourth-order valence-corrected chi connectivity index (χ4v) is 2.39. The number of nitrogens with zero attached hydrogens (tertiary/aromatic N) is 3. The number of hydrogen-bond donors (Lipinski definition) is 2. The van der Waals surface area contributed by atoms with Crippen molar-refractivity contribution >= 4 is 5.96 Å². The van der Waals surface area contributed by atoms with E-state index in [0.717, 1.165) is 29.5 Å². The van der Waals surface area contributed by atoms with E-state index in [4.69, 9.17) is 4.42 Å². The number of pyridine rings is 1. The molecule has 6 heteroatoms. The van der Waals surface area contributed by atoms with Crippen LogP contribution in [0.1, 0.15) is 23.9 Å². The Hall–Kier alpha value is -3.15. The highest BCUT2D eigenvalue weighted by Crippen LogP contribution is 2.19. The number of hydrogen-bond acceptors (Lipinski definition) is 4. The average molecular weight is 349 g/mol. The second-order valence-electron chi connectivity index (χ2n) is 5.88. The van der Waals surface area contributed by atoms with Crippen molar-refractivity contribution in [1.82, 2.24) is 20.6 Å². The molecule has 0 spiro atoms. The fraction of sp³-hybridized carbons (Fsp3) is 0.250. The molecule has 0 aliphatic carbocycles. The molecule has 3 rings (SSSR count). The molecule has 6 nitrogen and oxygen atoms in total. The maximum atomic E-state index is 5.58. The van der Waals surface area contributed by atoms with Crippen LogP contribution in [0.5, 0.6) is 0 Å². The number of oxazole rings is 1. The van der Waals surface area contributed by atoms with Gasteiger partial charge in [0, 0.05) is 18.3 Å². The third kappa shape index (κ3) is 4.92. The summed E-state index contributed by atoms with van der Waals surface area (Å²) in [6, 6.07) is 13.9. The molecule has 1 aromatic carbocycles. The zero-order chi connectivity index (χ0) is 18.2. The lowest BCUT2D eigenvalue weighted by atomic mass is 10.1. The van der Waals surface area contributed by atoms with E-state index in [-0.39, 0.29) is 0 Å². The van der Waals surface area contributed by atoms with Crippen molar-refractivity contribution in [1.29, 1.82) is 0 Å². The molecule has 0 saturated heterocycles. The van der Waals surface area contributed by atoms with E-state index in [1.165, 1.54) is 5.56 Å². The van der Waals surface area contributed by atoms with Crippen LogP contribution in [-0.4, -0.2) is 22.5 Å². The Morgan fingerprint density at radius 1 is 1.08 bits per heavy atom. The lowest BCUT2D eigenvalue weighted by molar-refractivity contribution is 0.572. The first-order valence-corrected chi connectivity index (χ1v) is 8.68. The second-order valence-corrected chi connectivity index (χ2v) is 5.88. The zero-order valence-electron chi connectivity index (χ0n) is 15.1. The highest BCUT2D eigenvalue weighted by molar-refractivity contribution is 5.79. The minimum Gasteiger partial charge on any atom is -0.444 e. The third-order valence-corrected chi connectivity index (χ3v) is 3.76. The summed E-state index contributed by atoms with van der Waals surface area (Å²) in [6.45, 7) is 5.91. The van der Waals surface area contributed by atoms with Crippen LogP contribution < -0.4 is 10.6 Å². The summed E-state index contributed by atoms with van der Waals surface area (Å²) in [6.07, 6.45) is 3.43. The first kappa shape index (κ1) is 17.7. The van der Waals surface area contributed by atoms with E-state index in [0.29, 0.717) is 19.0 Å². The molecule has 0 atom stereocenters. The Bertz CT molecular complexity index is 840. The zero-order valence-corrected chi connectivity index (χ0v) is 15.1. The molecule has 0 fully saturated rings. The van der Waals surface area contributed by atoms with Crippen LogP contribution in [0, 0.1) is 6.92 Å². The Kier molecular flexibility index (Phi) is 5.98. The van der Waals surface area contributed by atoms with Crippen LogP contribution in [0.15, 0.2) is 64.3 Å². The van der Waals surface area contributed by atoms with E-state index in [1.807, 2.05) is 49.4 Å². The second kappa shape index (κ2) is 8.80. The van der Waals surface area contributed by atoms with Crippen molar-refractivity contribution in [3.8, 4) is 11.5 Å². The Morgan fingerprint density at radius 3 is 2.65 bits per heavy atom. The molecule has 2 N–H and O–H groups in total. The van der Waals surface area contributed by atoms with Crippen LogP contribution in [0.4, 0.5) is 0 Å². The molecule has 26 heavy (non-hydrogen) atoms. The maximum absolute atomic E-state index is 5.58. The molecule has 0 radical (unpaired) electrons. The highest BCUT2D eigenvalue weighted by Gasteiger charge is 2.07. The van der Waals surface area contributed by atoms with Crippen LogP contribution in [0.3, 0.4) is 0 Å². The van der Waals surface area contributed by atoms with Gasteiger partial charge in [0.15, 0.2) is 5.96 Å². The molecular weight excluding hydrogens is 326 g/mol. The summed E-state index contributed by atoms with van der Waals surface area (Å²) in [5, 5.41) is 6.49. The van der Waals surface area contributed by atoms with Crippen molar-refractivity contribution in [3.63, 3.8) is 0 Å². The van der Waals surface area contributed by atoms with Gasteiger partial charge in [-0.3, -0.25) is 4.98 Å². The molecule has 0 bridgehead atoms. The van der Waals surface area contributed by atoms with Gasteiger partial charge in [0.2, 0.25) is 5.89 Å². The molecular formula is C20H23N5O. The van der Waals surface area contributed by atoms with Gasteiger partial charge in [0.05, 0.1) is 18.8 Å². The van der Waals surface area contributed by atoms with Crippen molar-refractivity contribution in [2.45, 2.75) is 26.9 Å². The molecule has 0 aliphatic rings. The van der Waals surface area contributed by atoms with Gasteiger partial charge in [0.25, 0.3) is 0 Å². The van der Waals surface area contributed by atoms with Crippen LogP contribution >= 0.6 is 0 Å². The van der Waals surface area contributed by atoms with Crippen molar-refractivity contribution in [2.75, 3.05) is 6.54 Å². The lowest BCUT2D eigenvalue weighted by Crippen LogP contribution is -2.37. The van der Waals surface area contributed by atoms with Crippen molar-refractivity contribution < 1.29 is 4.42 Å². The minimum absolute atomic E-state index is 0.437. The molecule has 0 amide bonds. The quantitative estimate of drug-likeness (QED) is 0.527. The number of rotatable bonds is 6. The molecule has 0 unspecified atom stereocenters. The normalized spacial score (nSPS) is 11.4. The topological polar surface area (TPSA) is 75.3 Å². The van der Waals surface area contributed by atoms with Gasteiger partial charge in [-0.05, 0) is 38.1 Å². The molecule has 2 heterocycles. The average Bonchev–Trinajstić information content (AvgIpc) is 3.14. The predicted octanol–water partition coefficient (Wildman–Crippen LogP) is 3.30. The lowest BCUT2D eigenvalue weighted by Gasteiger charge is -2.10. The predicted molar refractivity (Wildman–Crippen MR) is 103 cm³/mol. The maximum Gasteiger partial charge on any atom is 0.226 e. The Labute approximate surface area is 153 Å². The number of aryl methyl sites for hydroxylation is 1. The molecule has 134 valence electrons. The first-order valence-electron chi connectivity index (χ1n) is 8.68. The summed E-state index contributed by atoms with van der Waals surface area (Å²) in [4.78, 5) is 13.4. The first-order chi connectivity index (χ1) is 12.7. The standard InChI is InChI=1S/C20H23N5O/c1-3-21-20(23-12-17-6-4-5-11-22-17)24-13-18-14-26-19(25-18)16-9-7-15(2)8-10-16/h4-11,14H,3,12-13H2,1-2H3,(H2,21,23,24). The Morgan fingerprint density at radius 2 is 1.92 bits per heavy atom. The summed E-state index contributed by atoms with van der Waals surface area (Å²) < 4.78 is 5.58. The van der Waals surface area contributed by atoms with Crippen LogP contribution in [0.2, 0.25) is 0 Å². The van der Waals surface area contributed by atoms with E-state index in [2.05, 4.69) is 32.5 Å². The van der Waals surface area contributed by atoms with Crippen LogP contribution in [-0.2, 0) is 13.1 Å². The summed E-state index contributed by atoms with van der Waals surface area (Å²) in [5.41, 5.74) is 3.92. The number of aromatic nitrogens is 2. The van der Waals surface area contributed by atoms with E-state index in [1.54, 1.807) is 12.5 Å². The van der Waals surface area contributed by atoms with Gasteiger partial charge in [0.1, 0.15) is 12.0 Å². The summed E-state index contributed by atoms with van der Waals surface area (Å²) in [7, 11) is 0. The van der Waals surface area contributed by atoms with Gasteiger partial charge in [-0.1, -0.05) is 23.8 Å². The number of benzene rings is 1. The number of aliphatic imine (C=N–C) groups is 1. The number of nitrogens with one attached hydrogen (secondary N) is 2. The van der Waals surface area contributed by atoms with E-state index < -0.39 is 0 Å². The molecule has 0 saturated carbocycles. The monoisotopic (exact) mass is 349 g/mol. The summed E-state index contributed by atoms with van der Waals surface area (Å²) in [5.74, 6) is 1.33. The van der Waals surface area contributed by atoms with Gasteiger partial charge in [-0.25, -0.2) is 9.98 Å². The largest absolute Gasteiger partial charge is 0.444 e. The molecule has 3 aromatic rings. The molecule has 0 aliphatic heterocycles. The van der Waals surface area contributed by atoms with Gasteiger partial charge >= 0.3 is 0 Å². The van der Waals surface area contributed by atoms with Gasteiger partial charge in [-0.2, -0.15) is 0 Å². The third-order valence-electron chi connectivity index (χ3n) is 3.76. The van der Waals surface area contributed by atoms with Gasteiger partial charge in [-0.15, -0.1) is 0 Å². The van der Waals surface area contributed by atoms with E-state index in [9.17, 15) is 0 Å². The minimum atomic E-state index is 0.437. The van der Waals surface area contributed by atoms with Gasteiger partial charge < -0.3 is 15.1 Å². The van der Waals surface area contributed by atoms with Crippen molar-refractivity contribution in [2.24, 2.45) is 4.99 Å². The van der Waals surface area contributed by atoms with Crippen molar-refractivity contribution in [3.05, 3.63) is 71.9 Å². The summed E-state index contributed by atoms with van der Waals surface area (Å²) >= 11 is 0. The Balaban J connectivity index is 1.63. The number of guanidine groups is 1. The molecule has 2 aromatic heterocycles. The SMILES string of the molecule is CCNC(=NCc1coc(-c2ccc(C)cc2)n1)NCc1ccccn1. The van der Waals surface area contributed by atoms with Crippen LogP contribution in [0.25, 0.3) is 11.5 Å². The fourth-order valence-electron chi connectivity index (χ4n) is 2.39. The van der Waals surface area contributed by atoms with E-state index >= 15 is 0 Å².